The summed E-state index contributed by atoms with van der Waals surface area (Å²) in [4.78, 5) is 0. The molecule has 0 fully saturated rings. The first kappa shape index (κ1) is 12.1. The number of rotatable bonds is 5. The second-order valence-corrected chi connectivity index (χ2v) is 4.29. The van der Waals surface area contributed by atoms with E-state index in [-0.39, 0.29) is 5.82 Å². The van der Waals surface area contributed by atoms with Crippen LogP contribution in [0.25, 0.3) is 10.9 Å². The van der Waals surface area contributed by atoms with E-state index in [4.69, 9.17) is 0 Å². The number of aryl methyl sites for hydroxylation is 2. The molecule has 2 aromatic rings. The van der Waals surface area contributed by atoms with Crippen molar-refractivity contribution in [3.8, 4) is 0 Å². The number of benzene rings is 1. The van der Waals surface area contributed by atoms with Crippen molar-refractivity contribution in [2.75, 3.05) is 13.6 Å². The lowest BCUT2D eigenvalue weighted by atomic mass is 10.2. The summed E-state index contributed by atoms with van der Waals surface area (Å²) < 4.78 is 15.4. The summed E-state index contributed by atoms with van der Waals surface area (Å²) in [6.45, 7) is 4.08. The highest BCUT2D eigenvalue weighted by Gasteiger charge is 2.07. The Hall–Kier alpha value is -1.35. The molecule has 2 rings (SSSR count). The Kier molecular flexibility index (Phi) is 3.79. The molecule has 0 spiro atoms. The van der Waals surface area contributed by atoms with E-state index in [0.29, 0.717) is 0 Å². The van der Waals surface area contributed by atoms with Gasteiger partial charge in [0.15, 0.2) is 0 Å². The van der Waals surface area contributed by atoms with Gasteiger partial charge in [-0.15, -0.1) is 0 Å². The fourth-order valence-corrected chi connectivity index (χ4v) is 2.33. The third kappa shape index (κ3) is 2.50. The number of nitrogens with one attached hydrogen (secondary N) is 1. The van der Waals surface area contributed by atoms with E-state index < -0.39 is 0 Å². The van der Waals surface area contributed by atoms with Crippen LogP contribution < -0.4 is 5.32 Å². The van der Waals surface area contributed by atoms with Crippen LogP contribution in [0.4, 0.5) is 4.39 Å². The highest BCUT2D eigenvalue weighted by molar-refractivity contribution is 5.81. The van der Waals surface area contributed by atoms with Crippen molar-refractivity contribution >= 4 is 10.9 Å². The van der Waals surface area contributed by atoms with Crippen LogP contribution in [-0.4, -0.2) is 18.2 Å². The highest BCUT2D eigenvalue weighted by atomic mass is 19.1. The SMILES string of the molecule is CCn1c(CCCNC)cc2cc(F)ccc21. The average Bonchev–Trinajstić information content (AvgIpc) is 2.66. The quantitative estimate of drug-likeness (QED) is 0.787. The Labute approximate surface area is 101 Å². The molecule has 0 amide bonds. The smallest absolute Gasteiger partial charge is 0.123 e. The van der Waals surface area contributed by atoms with E-state index >= 15 is 0 Å². The van der Waals surface area contributed by atoms with E-state index in [0.717, 1.165) is 36.8 Å². The number of halogens is 1. The highest BCUT2D eigenvalue weighted by Crippen LogP contribution is 2.21. The predicted octanol–water partition coefficient (Wildman–Crippen LogP) is 2.95. The van der Waals surface area contributed by atoms with Gasteiger partial charge in [0.1, 0.15) is 5.82 Å². The van der Waals surface area contributed by atoms with E-state index in [2.05, 4.69) is 22.9 Å². The minimum absolute atomic E-state index is 0.160. The zero-order chi connectivity index (χ0) is 12.3. The minimum Gasteiger partial charge on any atom is -0.345 e. The van der Waals surface area contributed by atoms with Crippen molar-refractivity contribution < 1.29 is 4.39 Å². The number of nitrogens with zero attached hydrogens (tertiary/aromatic N) is 1. The number of hydrogen-bond acceptors (Lipinski definition) is 1. The number of hydrogen-bond donors (Lipinski definition) is 1. The van der Waals surface area contributed by atoms with Crippen LogP contribution in [0.15, 0.2) is 24.3 Å². The Morgan fingerprint density at radius 1 is 1.29 bits per heavy atom. The lowest BCUT2D eigenvalue weighted by Gasteiger charge is -2.07. The van der Waals surface area contributed by atoms with Crippen molar-refractivity contribution in [1.82, 2.24) is 9.88 Å². The molecule has 0 bridgehead atoms. The molecule has 0 aliphatic heterocycles. The van der Waals surface area contributed by atoms with Crippen molar-refractivity contribution in [2.24, 2.45) is 0 Å². The molecule has 0 saturated carbocycles. The summed E-state index contributed by atoms with van der Waals surface area (Å²) >= 11 is 0. The Morgan fingerprint density at radius 2 is 2.12 bits per heavy atom. The van der Waals surface area contributed by atoms with Crippen LogP contribution in [0.3, 0.4) is 0 Å². The van der Waals surface area contributed by atoms with Gasteiger partial charge >= 0.3 is 0 Å². The van der Waals surface area contributed by atoms with Gasteiger partial charge in [0.25, 0.3) is 0 Å². The van der Waals surface area contributed by atoms with E-state index in [9.17, 15) is 4.39 Å². The number of aromatic nitrogens is 1. The lowest BCUT2D eigenvalue weighted by molar-refractivity contribution is 0.629. The monoisotopic (exact) mass is 234 g/mol. The zero-order valence-corrected chi connectivity index (χ0v) is 10.5. The van der Waals surface area contributed by atoms with Crippen molar-refractivity contribution in [3.05, 3.63) is 35.8 Å². The molecule has 1 heterocycles. The maximum absolute atomic E-state index is 13.2. The summed E-state index contributed by atoms with van der Waals surface area (Å²) in [5, 5.41) is 4.15. The first-order valence-electron chi connectivity index (χ1n) is 6.18. The van der Waals surface area contributed by atoms with Gasteiger partial charge in [0.2, 0.25) is 0 Å². The van der Waals surface area contributed by atoms with Crippen LogP contribution in [0.1, 0.15) is 19.0 Å². The normalized spacial score (nSPS) is 11.2. The van der Waals surface area contributed by atoms with E-state index in [1.54, 1.807) is 6.07 Å². The topological polar surface area (TPSA) is 17.0 Å². The predicted molar refractivity (Wildman–Crippen MR) is 69.8 cm³/mol. The van der Waals surface area contributed by atoms with Gasteiger partial charge in [-0.25, -0.2) is 4.39 Å². The second kappa shape index (κ2) is 5.32. The third-order valence-corrected chi connectivity index (χ3v) is 3.13. The summed E-state index contributed by atoms with van der Waals surface area (Å²) in [6.07, 6.45) is 2.14. The van der Waals surface area contributed by atoms with Gasteiger partial charge in [0, 0.05) is 23.1 Å². The third-order valence-electron chi connectivity index (χ3n) is 3.13. The lowest BCUT2D eigenvalue weighted by Crippen LogP contribution is -2.10. The van der Waals surface area contributed by atoms with Gasteiger partial charge in [-0.1, -0.05) is 0 Å². The second-order valence-electron chi connectivity index (χ2n) is 4.29. The van der Waals surface area contributed by atoms with Crippen LogP contribution in [0.2, 0.25) is 0 Å². The van der Waals surface area contributed by atoms with Crippen molar-refractivity contribution in [1.29, 1.82) is 0 Å². The van der Waals surface area contributed by atoms with E-state index in [1.165, 1.54) is 11.8 Å². The maximum atomic E-state index is 13.2. The number of fused-ring (bicyclic) bond motifs is 1. The molecule has 0 saturated heterocycles. The van der Waals surface area contributed by atoms with Gasteiger partial charge in [-0.05, 0) is 57.6 Å². The summed E-state index contributed by atoms with van der Waals surface area (Å²) in [7, 11) is 1.96. The van der Waals surface area contributed by atoms with E-state index in [1.807, 2.05) is 13.1 Å². The molecule has 0 atom stereocenters. The van der Waals surface area contributed by atoms with Gasteiger partial charge in [-0.2, -0.15) is 0 Å². The Morgan fingerprint density at radius 3 is 2.82 bits per heavy atom. The zero-order valence-electron chi connectivity index (χ0n) is 10.5. The molecule has 0 aliphatic carbocycles. The Bertz CT molecular complexity index is 502. The first-order chi connectivity index (χ1) is 8.26. The van der Waals surface area contributed by atoms with Gasteiger partial charge in [0.05, 0.1) is 0 Å². The largest absolute Gasteiger partial charge is 0.345 e. The molecule has 0 aliphatic rings. The molecule has 17 heavy (non-hydrogen) atoms. The van der Waals surface area contributed by atoms with Crippen LogP contribution in [0.5, 0.6) is 0 Å². The summed E-state index contributed by atoms with van der Waals surface area (Å²) in [6, 6.07) is 7.13. The standard InChI is InChI=1S/C14H19FN2/c1-3-17-13(5-4-8-16-2)10-11-9-12(15)6-7-14(11)17/h6-7,9-10,16H,3-5,8H2,1-2H3. The van der Waals surface area contributed by atoms with Gasteiger partial charge < -0.3 is 9.88 Å². The molecular weight excluding hydrogens is 215 g/mol. The molecule has 1 aromatic heterocycles. The summed E-state index contributed by atoms with van der Waals surface area (Å²) in [5.74, 6) is -0.160. The molecule has 0 radical (unpaired) electrons. The van der Waals surface area contributed by atoms with Crippen molar-refractivity contribution in [2.45, 2.75) is 26.3 Å². The van der Waals surface area contributed by atoms with Gasteiger partial charge in [-0.3, -0.25) is 0 Å². The minimum atomic E-state index is -0.160. The Balaban J connectivity index is 2.34. The van der Waals surface area contributed by atoms with Crippen LogP contribution in [0, 0.1) is 5.82 Å². The fourth-order valence-electron chi connectivity index (χ4n) is 2.33. The molecular formula is C14H19FN2. The molecule has 2 nitrogen and oxygen atoms in total. The van der Waals surface area contributed by atoms with Crippen LogP contribution in [-0.2, 0) is 13.0 Å². The molecule has 92 valence electrons. The summed E-state index contributed by atoms with van der Waals surface area (Å²) in [5.41, 5.74) is 2.43. The first-order valence-corrected chi connectivity index (χ1v) is 6.18. The molecule has 0 unspecified atom stereocenters. The maximum Gasteiger partial charge on any atom is 0.123 e. The molecule has 3 heteroatoms. The van der Waals surface area contributed by atoms with Crippen LogP contribution >= 0.6 is 0 Å². The average molecular weight is 234 g/mol. The van der Waals surface area contributed by atoms with Crippen molar-refractivity contribution in [3.63, 3.8) is 0 Å². The molecule has 1 aromatic carbocycles. The fraction of sp³-hybridized carbons (Fsp3) is 0.429. The molecule has 1 N–H and O–H groups in total.